The fourth-order valence-electron chi connectivity index (χ4n) is 2.02. The van der Waals surface area contributed by atoms with Gasteiger partial charge in [-0.25, -0.2) is 0 Å². The van der Waals surface area contributed by atoms with Gasteiger partial charge >= 0.3 is 0 Å². The Morgan fingerprint density at radius 1 is 1.26 bits per heavy atom. The van der Waals surface area contributed by atoms with Gasteiger partial charge < -0.3 is 10.1 Å². The molecule has 124 valence electrons. The predicted octanol–water partition coefficient (Wildman–Crippen LogP) is 3.59. The van der Waals surface area contributed by atoms with Crippen molar-refractivity contribution in [3.63, 3.8) is 0 Å². The van der Waals surface area contributed by atoms with Crippen LogP contribution in [0.15, 0.2) is 34.5 Å². The van der Waals surface area contributed by atoms with Gasteiger partial charge in [0.1, 0.15) is 5.75 Å². The second-order valence-corrected chi connectivity index (χ2v) is 6.71. The summed E-state index contributed by atoms with van der Waals surface area (Å²) in [4.78, 5) is 11.3. The number of carbonyl (C=O) groups excluding carboxylic acids is 1. The number of thioether (sulfide) groups is 1. The molecule has 0 unspecified atom stereocenters. The molecule has 1 aliphatic heterocycles. The third-order valence-electron chi connectivity index (χ3n) is 3.39. The standard InChI is InChI=1S/C17H23N3O2S/c1-3-4-5-6-11-22-15-9-7-14(8-10-15)12-18-20-17-19-16(21)13(2)23-17/h7-10,12-13H,3-6,11H2,1-2H3,(H,19,20,21)/b18-12-/t13-/m0/s1. The smallest absolute Gasteiger partial charge is 0.239 e. The summed E-state index contributed by atoms with van der Waals surface area (Å²) in [6, 6.07) is 7.74. The number of nitrogens with zero attached hydrogens (tertiary/aromatic N) is 2. The summed E-state index contributed by atoms with van der Waals surface area (Å²) in [6.07, 6.45) is 6.47. The van der Waals surface area contributed by atoms with E-state index in [1.807, 2.05) is 31.2 Å². The first-order chi connectivity index (χ1) is 11.2. The molecule has 23 heavy (non-hydrogen) atoms. The lowest BCUT2D eigenvalue weighted by atomic mass is 10.2. The summed E-state index contributed by atoms with van der Waals surface area (Å²) in [5, 5.41) is 11.1. The van der Waals surface area contributed by atoms with Crippen LogP contribution in [0.2, 0.25) is 0 Å². The summed E-state index contributed by atoms with van der Waals surface area (Å²) in [6.45, 7) is 4.80. The van der Waals surface area contributed by atoms with Gasteiger partial charge in [0.15, 0.2) is 5.17 Å². The Labute approximate surface area is 141 Å². The number of benzene rings is 1. The lowest BCUT2D eigenvalue weighted by Gasteiger charge is -2.05. The average molecular weight is 333 g/mol. The third-order valence-corrected chi connectivity index (χ3v) is 4.36. The lowest BCUT2D eigenvalue weighted by Crippen LogP contribution is -2.23. The largest absolute Gasteiger partial charge is 0.494 e. The fourth-order valence-corrected chi connectivity index (χ4v) is 2.78. The van der Waals surface area contributed by atoms with Crippen molar-refractivity contribution in [2.45, 2.75) is 44.8 Å². The molecular weight excluding hydrogens is 310 g/mol. The summed E-state index contributed by atoms with van der Waals surface area (Å²) in [5.74, 6) is 0.849. The predicted molar refractivity (Wildman–Crippen MR) is 96.3 cm³/mol. The van der Waals surface area contributed by atoms with Crippen LogP contribution in [0.5, 0.6) is 5.75 Å². The number of unbranched alkanes of at least 4 members (excludes halogenated alkanes) is 3. The molecule has 6 heteroatoms. The quantitative estimate of drug-likeness (QED) is 0.449. The molecule has 1 aromatic carbocycles. The zero-order valence-corrected chi connectivity index (χ0v) is 14.4. The molecule has 1 N–H and O–H groups in total. The first-order valence-corrected chi connectivity index (χ1v) is 8.88. The van der Waals surface area contributed by atoms with E-state index in [2.05, 4.69) is 22.4 Å². The van der Waals surface area contributed by atoms with E-state index in [1.54, 1.807) is 6.21 Å². The maximum atomic E-state index is 11.3. The number of hydrogen-bond acceptors (Lipinski definition) is 5. The van der Waals surface area contributed by atoms with E-state index < -0.39 is 0 Å². The van der Waals surface area contributed by atoms with Crippen LogP contribution in [-0.2, 0) is 4.79 Å². The molecule has 0 aliphatic carbocycles. The van der Waals surface area contributed by atoms with E-state index >= 15 is 0 Å². The van der Waals surface area contributed by atoms with Crippen LogP contribution in [0.1, 0.15) is 45.1 Å². The molecular formula is C17H23N3O2S. The Morgan fingerprint density at radius 2 is 2.04 bits per heavy atom. The van der Waals surface area contributed by atoms with Crippen molar-refractivity contribution >= 4 is 29.1 Å². The lowest BCUT2D eigenvalue weighted by molar-refractivity contribution is -0.118. The van der Waals surface area contributed by atoms with Crippen LogP contribution >= 0.6 is 11.8 Å². The van der Waals surface area contributed by atoms with Crippen LogP contribution in [0.3, 0.4) is 0 Å². The first kappa shape index (κ1) is 17.5. The molecule has 0 spiro atoms. The zero-order chi connectivity index (χ0) is 16.5. The molecule has 2 rings (SSSR count). The van der Waals surface area contributed by atoms with Gasteiger partial charge in [-0.05, 0) is 43.2 Å². The second-order valence-electron chi connectivity index (χ2n) is 5.38. The number of ether oxygens (including phenoxy) is 1. The maximum Gasteiger partial charge on any atom is 0.239 e. The van der Waals surface area contributed by atoms with Crippen LogP contribution in [0.25, 0.3) is 0 Å². The van der Waals surface area contributed by atoms with E-state index in [-0.39, 0.29) is 11.2 Å². The molecule has 0 aromatic heterocycles. The minimum atomic E-state index is -0.0993. The first-order valence-electron chi connectivity index (χ1n) is 8.00. The van der Waals surface area contributed by atoms with Crippen molar-refractivity contribution in [2.24, 2.45) is 10.2 Å². The van der Waals surface area contributed by atoms with E-state index in [1.165, 1.54) is 31.0 Å². The maximum absolute atomic E-state index is 11.3. The number of nitrogens with one attached hydrogen (secondary N) is 1. The molecule has 1 aromatic rings. The topological polar surface area (TPSA) is 63.1 Å². The minimum absolute atomic E-state index is 0.0237. The number of amides is 1. The Bertz CT molecular complexity index is 570. The molecule has 1 amide bonds. The van der Waals surface area contributed by atoms with E-state index in [9.17, 15) is 4.79 Å². The molecule has 1 aliphatic rings. The number of carbonyl (C=O) groups is 1. The molecule has 1 fully saturated rings. The Hall–Kier alpha value is -1.82. The van der Waals surface area contributed by atoms with Gasteiger partial charge in [0, 0.05) is 0 Å². The summed E-state index contributed by atoms with van der Waals surface area (Å²) in [7, 11) is 0. The van der Waals surface area contributed by atoms with E-state index in [0.717, 1.165) is 24.3 Å². The summed E-state index contributed by atoms with van der Waals surface area (Å²) in [5.41, 5.74) is 0.940. The average Bonchev–Trinajstić information content (AvgIpc) is 2.87. The molecule has 1 atom stereocenters. The molecule has 5 nitrogen and oxygen atoms in total. The Balaban J connectivity index is 1.77. The fraction of sp³-hybridized carbons (Fsp3) is 0.471. The van der Waals surface area contributed by atoms with Gasteiger partial charge in [0.2, 0.25) is 5.91 Å². The van der Waals surface area contributed by atoms with E-state index in [0.29, 0.717) is 5.17 Å². The minimum Gasteiger partial charge on any atom is -0.494 e. The van der Waals surface area contributed by atoms with Crippen molar-refractivity contribution in [3.05, 3.63) is 29.8 Å². The van der Waals surface area contributed by atoms with Crippen molar-refractivity contribution in [3.8, 4) is 5.75 Å². The van der Waals surface area contributed by atoms with Gasteiger partial charge in [-0.15, -0.1) is 5.10 Å². The van der Waals surface area contributed by atoms with Gasteiger partial charge in [0.25, 0.3) is 0 Å². The van der Waals surface area contributed by atoms with Crippen molar-refractivity contribution in [1.82, 2.24) is 5.32 Å². The van der Waals surface area contributed by atoms with Crippen molar-refractivity contribution < 1.29 is 9.53 Å². The van der Waals surface area contributed by atoms with Gasteiger partial charge in [-0.3, -0.25) is 4.79 Å². The highest BCUT2D eigenvalue weighted by Gasteiger charge is 2.25. The molecule has 1 heterocycles. The van der Waals surface area contributed by atoms with Gasteiger partial charge in [-0.2, -0.15) is 5.10 Å². The molecule has 1 saturated heterocycles. The highest BCUT2D eigenvalue weighted by atomic mass is 32.2. The van der Waals surface area contributed by atoms with Crippen LogP contribution < -0.4 is 10.1 Å². The van der Waals surface area contributed by atoms with Crippen molar-refractivity contribution in [2.75, 3.05) is 6.61 Å². The number of hydrogen-bond donors (Lipinski definition) is 1. The van der Waals surface area contributed by atoms with Crippen LogP contribution in [0, 0.1) is 0 Å². The van der Waals surface area contributed by atoms with Crippen LogP contribution in [-0.4, -0.2) is 29.1 Å². The normalized spacial score (nSPS) is 19.5. The summed E-state index contributed by atoms with van der Waals surface area (Å²) < 4.78 is 5.69. The monoisotopic (exact) mass is 333 g/mol. The van der Waals surface area contributed by atoms with Crippen LogP contribution in [0.4, 0.5) is 0 Å². The number of amidine groups is 1. The van der Waals surface area contributed by atoms with E-state index in [4.69, 9.17) is 4.74 Å². The zero-order valence-electron chi connectivity index (χ0n) is 13.6. The van der Waals surface area contributed by atoms with Crippen molar-refractivity contribution in [1.29, 1.82) is 0 Å². The van der Waals surface area contributed by atoms with Gasteiger partial charge in [-0.1, -0.05) is 37.9 Å². The highest BCUT2D eigenvalue weighted by Crippen LogP contribution is 2.18. The Morgan fingerprint density at radius 3 is 2.70 bits per heavy atom. The summed E-state index contributed by atoms with van der Waals surface area (Å²) >= 11 is 1.38. The van der Waals surface area contributed by atoms with Gasteiger partial charge in [0.05, 0.1) is 18.1 Å². The third kappa shape index (κ3) is 6.06. The Kier molecular flexibility index (Phi) is 7.13. The SMILES string of the molecule is CCCCCCOc1ccc(/C=N\N=C2/NC(=O)[C@H](C)S2)cc1. The molecule has 0 saturated carbocycles. The highest BCUT2D eigenvalue weighted by molar-refractivity contribution is 8.15. The number of rotatable bonds is 8. The molecule has 0 bridgehead atoms. The molecule has 0 radical (unpaired) electrons. The second kappa shape index (κ2) is 9.35.